The molecule has 0 aliphatic heterocycles. The number of ether oxygens (including phenoxy) is 2. The minimum absolute atomic E-state index is 0.300. The van der Waals surface area contributed by atoms with Gasteiger partial charge in [0.25, 0.3) is 0 Å². The van der Waals surface area contributed by atoms with Crippen molar-refractivity contribution in [2.75, 3.05) is 19.8 Å². The standard InChI is InChI=1S/C17H28BrNO2/c1-6-9-19-17(12(4)5)13-10-15(20-7-2)16(21-8-3)11-14(13)18/h10-12,17,19H,6-9H2,1-5H3. The Morgan fingerprint density at radius 2 is 1.62 bits per heavy atom. The molecule has 120 valence electrons. The summed E-state index contributed by atoms with van der Waals surface area (Å²) < 4.78 is 12.5. The molecule has 21 heavy (non-hydrogen) atoms. The van der Waals surface area contributed by atoms with E-state index in [2.05, 4.69) is 48.1 Å². The normalized spacial score (nSPS) is 12.5. The Morgan fingerprint density at radius 1 is 1.05 bits per heavy atom. The molecule has 0 amide bonds. The third-order valence-electron chi connectivity index (χ3n) is 3.28. The minimum atomic E-state index is 0.300. The maximum absolute atomic E-state index is 5.75. The van der Waals surface area contributed by atoms with E-state index in [0.717, 1.165) is 28.9 Å². The summed E-state index contributed by atoms with van der Waals surface area (Å²) in [4.78, 5) is 0. The lowest BCUT2D eigenvalue weighted by Crippen LogP contribution is -2.26. The second kappa shape index (κ2) is 9.31. The Kier molecular flexibility index (Phi) is 8.12. The van der Waals surface area contributed by atoms with Crippen LogP contribution in [0.1, 0.15) is 52.6 Å². The maximum Gasteiger partial charge on any atom is 0.162 e. The van der Waals surface area contributed by atoms with E-state index in [0.29, 0.717) is 25.2 Å². The molecule has 1 aromatic carbocycles. The van der Waals surface area contributed by atoms with Gasteiger partial charge in [-0.2, -0.15) is 0 Å². The molecule has 0 radical (unpaired) electrons. The van der Waals surface area contributed by atoms with Gasteiger partial charge in [0.2, 0.25) is 0 Å². The smallest absolute Gasteiger partial charge is 0.162 e. The van der Waals surface area contributed by atoms with Gasteiger partial charge in [0.05, 0.1) is 13.2 Å². The summed E-state index contributed by atoms with van der Waals surface area (Å²) in [6, 6.07) is 4.42. The van der Waals surface area contributed by atoms with Gasteiger partial charge >= 0.3 is 0 Å². The van der Waals surface area contributed by atoms with Crippen molar-refractivity contribution in [2.24, 2.45) is 5.92 Å². The van der Waals surface area contributed by atoms with Gasteiger partial charge in [-0.1, -0.05) is 36.7 Å². The zero-order valence-corrected chi connectivity index (χ0v) is 15.4. The van der Waals surface area contributed by atoms with Crippen LogP contribution in [0.3, 0.4) is 0 Å². The van der Waals surface area contributed by atoms with Gasteiger partial charge in [0.15, 0.2) is 11.5 Å². The molecular formula is C17H28BrNO2. The maximum atomic E-state index is 5.75. The number of hydrogen-bond donors (Lipinski definition) is 1. The summed E-state index contributed by atoms with van der Waals surface area (Å²) in [5.74, 6) is 2.12. The van der Waals surface area contributed by atoms with Crippen molar-refractivity contribution in [1.29, 1.82) is 0 Å². The second-order valence-electron chi connectivity index (χ2n) is 5.36. The topological polar surface area (TPSA) is 30.5 Å². The van der Waals surface area contributed by atoms with E-state index in [9.17, 15) is 0 Å². The van der Waals surface area contributed by atoms with Crippen LogP contribution in [0.5, 0.6) is 11.5 Å². The van der Waals surface area contributed by atoms with E-state index in [1.807, 2.05) is 19.9 Å². The van der Waals surface area contributed by atoms with Crippen molar-refractivity contribution >= 4 is 15.9 Å². The number of benzene rings is 1. The van der Waals surface area contributed by atoms with Crippen LogP contribution in [-0.4, -0.2) is 19.8 Å². The number of hydrogen-bond acceptors (Lipinski definition) is 3. The summed E-state index contributed by atoms with van der Waals surface area (Å²) >= 11 is 3.69. The summed E-state index contributed by atoms with van der Waals surface area (Å²) in [5.41, 5.74) is 1.23. The average Bonchev–Trinajstić information content (AvgIpc) is 2.43. The highest BCUT2D eigenvalue weighted by molar-refractivity contribution is 9.10. The fourth-order valence-corrected chi connectivity index (χ4v) is 2.90. The molecular weight excluding hydrogens is 330 g/mol. The monoisotopic (exact) mass is 357 g/mol. The predicted octanol–water partition coefficient (Wildman–Crippen LogP) is 4.94. The van der Waals surface area contributed by atoms with Crippen molar-refractivity contribution in [3.63, 3.8) is 0 Å². The van der Waals surface area contributed by atoms with Crippen LogP contribution >= 0.6 is 15.9 Å². The van der Waals surface area contributed by atoms with Gasteiger partial charge in [-0.15, -0.1) is 0 Å². The first-order valence-corrected chi connectivity index (χ1v) is 8.66. The molecule has 0 saturated carbocycles. The fraction of sp³-hybridized carbons (Fsp3) is 0.647. The predicted molar refractivity (Wildman–Crippen MR) is 92.4 cm³/mol. The Hall–Kier alpha value is -0.740. The summed E-state index contributed by atoms with van der Waals surface area (Å²) in [7, 11) is 0. The number of halogens is 1. The molecule has 0 saturated heterocycles. The second-order valence-corrected chi connectivity index (χ2v) is 6.22. The lowest BCUT2D eigenvalue weighted by atomic mass is 9.95. The molecule has 3 nitrogen and oxygen atoms in total. The number of nitrogens with one attached hydrogen (secondary N) is 1. The molecule has 0 bridgehead atoms. The Morgan fingerprint density at radius 3 is 2.10 bits per heavy atom. The van der Waals surface area contributed by atoms with E-state index in [1.165, 1.54) is 5.56 Å². The van der Waals surface area contributed by atoms with Crippen LogP contribution in [0.15, 0.2) is 16.6 Å². The SMILES string of the molecule is CCCNC(c1cc(OCC)c(OCC)cc1Br)C(C)C. The third kappa shape index (κ3) is 5.19. The highest BCUT2D eigenvalue weighted by Crippen LogP contribution is 2.38. The van der Waals surface area contributed by atoms with Gasteiger partial charge in [-0.25, -0.2) is 0 Å². The highest BCUT2D eigenvalue weighted by Gasteiger charge is 2.20. The van der Waals surface area contributed by atoms with Crippen molar-refractivity contribution < 1.29 is 9.47 Å². The molecule has 1 N–H and O–H groups in total. The van der Waals surface area contributed by atoms with Gasteiger partial charge in [-0.3, -0.25) is 0 Å². The van der Waals surface area contributed by atoms with E-state index in [1.54, 1.807) is 0 Å². The summed E-state index contributed by atoms with van der Waals surface area (Å²) in [6.07, 6.45) is 1.12. The van der Waals surface area contributed by atoms with E-state index in [-0.39, 0.29) is 0 Å². The molecule has 0 spiro atoms. The van der Waals surface area contributed by atoms with Gasteiger partial charge in [-0.05, 0) is 50.4 Å². The Balaban J connectivity index is 3.17. The largest absolute Gasteiger partial charge is 0.490 e. The molecule has 1 rings (SSSR count). The first-order chi connectivity index (χ1) is 10.0. The fourth-order valence-electron chi connectivity index (χ4n) is 2.33. The van der Waals surface area contributed by atoms with Crippen molar-refractivity contribution in [1.82, 2.24) is 5.32 Å². The molecule has 4 heteroatoms. The van der Waals surface area contributed by atoms with Crippen molar-refractivity contribution in [2.45, 2.75) is 47.1 Å². The first kappa shape index (κ1) is 18.3. The molecule has 0 heterocycles. The lowest BCUT2D eigenvalue weighted by molar-refractivity contribution is 0.286. The van der Waals surface area contributed by atoms with Gasteiger partial charge in [0, 0.05) is 10.5 Å². The van der Waals surface area contributed by atoms with Crippen LogP contribution in [0, 0.1) is 5.92 Å². The Labute approximate surface area is 137 Å². The highest BCUT2D eigenvalue weighted by atomic mass is 79.9. The zero-order chi connectivity index (χ0) is 15.8. The van der Waals surface area contributed by atoms with Crippen molar-refractivity contribution in [3.8, 4) is 11.5 Å². The molecule has 1 atom stereocenters. The molecule has 0 aliphatic carbocycles. The average molecular weight is 358 g/mol. The molecule has 0 fully saturated rings. The summed E-state index contributed by atoms with van der Waals surface area (Å²) in [5, 5.41) is 3.62. The first-order valence-electron chi connectivity index (χ1n) is 7.87. The zero-order valence-electron chi connectivity index (χ0n) is 13.8. The molecule has 0 aliphatic rings. The number of rotatable bonds is 9. The van der Waals surface area contributed by atoms with Crippen LogP contribution in [0.2, 0.25) is 0 Å². The van der Waals surface area contributed by atoms with Crippen LogP contribution < -0.4 is 14.8 Å². The quantitative estimate of drug-likeness (QED) is 0.678. The van der Waals surface area contributed by atoms with E-state index >= 15 is 0 Å². The molecule has 0 aromatic heterocycles. The van der Waals surface area contributed by atoms with Crippen LogP contribution in [0.4, 0.5) is 0 Å². The third-order valence-corrected chi connectivity index (χ3v) is 3.97. The summed E-state index contributed by atoms with van der Waals surface area (Å²) in [6.45, 7) is 12.9. The van der Waals surface area contributed by atoms with Crippen molar-refractivity contribution in [3.05, 3.63) is 22.2 Å². The molecule has 1 unspecified atom stereocenters. The van der Waals surface area contributed by atoms with Gasteiger partial charge in [0.1, 0.15) is 0 Å². The molecule has 1 aromatic rings. The van der Waals surface area contributed by atoms with E-state index < -0.39 is 0 Å². The van der Waals surface area contributed by atoms with E-state index in [4.69, 9.17) is 9.47 Å². The minimum Gasteiger partial charge on any atom is -0.490 e. The lowest BCUT2D eigenvalue weighted by Gasteiger charge is -2.25. The van der Waals surface area contributed by atoms with Crippen LogP contribution in [0.25, 0.3) is 0 Å². The Bertz CT molecular complexity index is 435. The van der Waals surface area contributed by atoms with Gasteiger partial charge < -0.3 is 14.8 Å². The van der Waals surface area contributed by atoms with Crippen LogP contribution in [-0.2, 0) is 0 Å².